The molecule has 0 radical (unpaired) electrons. The quantitative estimate of drug-likeness (QED) is 0.511. The van der Waals surface area contributed by atoms with E-state index in [0.717, 1.165) is 11.8 Å². The fourth-order valence-corrected chi connectivity index (χ4v) is 1.82. The minimum Gasteiger partial charge on any atom is -0.0952 e. The van der Waals surface area contributed by atoms with Gasteiger partial charge in [-0.15, -0.1) is 0 Å². The lowest BCUT2D eigenvalue weighted by Gasteiger charge is -2.04. The van der Waals surface area contributed by atoms with Gasteiger partial charge in [0.15, 0.2) is 0 Å². The third-order valence-corrected chi connectivity index (χ3v) is 2.85. The molecular weight excluding hydrogens is 236 g/mol. The summed E-state index contributed by atoms with van der Waals surface area (Å²) in [5.41, 5.74) is 2.55. The topological polar surface area (TPSA) is 0 Å². The maximum atomic E-state index is 4.11. The Bertz CT molecular complexity index is 264. The molecule has 0 saturated carbocycles. The molecule has 0 aliphatic heterocycles. The average Bonchev–Trinajstić information content (AvgIpc) is 2.25. The largest absolute Gasteiger partial charge is 0.0952 e. The lowest BCUT2D eigenvalue weighted by molar-refractivity contribution is 0.744. The first kappa shape index (κ1) is 11.5. The van der Waals surface area contributed by atoms with E-state index in [4.69, 9.17) is 0 Å². The maximum absolute atomic E-state index is 4.11. The minimum absolute atomic E-state index is 1.12. The highest BCUT2D eigenvalue weighted by atomic mass is 79.9. The van der Waals surface area contributed by atoms with Gasteiger partial charge in [-0.3, -0.25) is 0 Å². The molecule has 0 unspecified atom stereocenters. The van der Waals surface area contributed by atoms with Crippen molar-refractivity contribution in [3.8, 4) is 0 Å². The number of unbranched alkanes of at least 4 members (excludes halogenated alkanes) is 2. The van der Waals surface area contributed by atoms with Crippen molar-refractivity contribution in [2.75, 3.05) is 5.33 Å². The Labute approximate surface area is 95.2 Å². The van der Waals surface area contributed by atoms with Gasteiger partial charge >= 0.3 is 0 Å². The fourth-order valence-electron chi connectivity index (χ4n) is 1.43. The Morgan fingerprint density at radius 3 is 2.43 bits per heavy atom. The molecule has 76 valence electrons. The molecule has 0 heterocycles. The summed E-state index contributed by atoms with van der Waals surface area (Å²) in [5, 5.41) is 1.12. The number of alkyl halides is 1. The molecule has 0 aliphatic rings. The van der Waals surface area contributed by atoms with Crippen LogP contribution in [-0.4, -0.2) is 5.33 Å². The molecule has 1 rings (SSSR count). The van der Waals surface area contributed by atoms with Gasteiger partial charge in [0.1, 0.15) is 0 Å². The summed E-state index contributed by atoms with van der Waals surface area (Å²) in [6, 6.07) is 10.4. The van der Waals surface area contributed by atoms with Crippen molar-refractivity contribution in [2.45, 2.75) is 25.7 Å². The third-order valence-electron chi connectivity index (χ3n) is 2.29. The number of hydrogen-bond donors (Lipinski definition) is 0. The fraction of sp³-hybridized carbons (Fsp3) is 0.385. The van der Waals surface area contributed by atoms with E-state index < -0.39 is 0 Å². The highest BCUT2D eigenvalue weighted by molar-refractivity contribution is 9.09. The van der Waals surface area contributed by atoms with Crippen LogP contribution in [0.5, 0.6) is 0 Å². The second-order valence-corrected chi connectivity index (χ2v) is 4.26. The standard InChI is InChI=1S/C13H17Br/c1-12(8-4-3-7-11-14)13-9-5-2-6-10-13/h2,5-6,9-10H,1,3-4,7-8,11H2. The van der Waals surface area contributed by atoms with E-state index >= 15 is 0 Å². The van der Waals surface area contributed by atoms with Crippen molar-refractivity contribution >= 4 is 21.5 Å². The minimum atomic E-state index is 1.12. The second-order valence-electron chi connectivity index (χ2n) is 3.47. The van der Waals surface area contributed by atoms with Crippen LogP contribution in [0.2, 0.25) is 0 Å². The van der Waals surface area contributed by atoms with Gasteiger partial charge in [-0.25, -0.2) is 0 Å². The normalized spacial score (nSPS) is 10.1. The van der Waals surface area contributed by atoms with Gasteiger partial charge in [-0.1, -0.05) is 59.3 Å². The van der Waals surface area contributed by atoms with Gasteiger partial charge < -0.3 is 0 Å². The summed E-state index contributed by atoms with van der Waals surface area (Å²) in [6.07, 6.45) is 4.93. The highest BCUT2D eigenvalue weighted by Gasteiger charge is 1.97. The lowest BCUT2D eigenvalue weighted by Crippen LogP contribution is -1.84. The van der Waals surface area contributed by atoms with Crippen molar-refractivity contribution in [3.05, 3.63) is 42.5 Å². The van der Waals surface area contributed by atoms with Crippen molar-refractivity contribution in [3.63, 3.8) is 0 Å². The Hall–Kier alpha value is -0.560. The van der Waals surface area contributed by atoms with Crippen LogP contribution >= 0.6 is 15.9 Å². The molecule has 0 atom stereocenters. The summed E-state index contributed by atoms with van der Waals surface area (Å²) in [6.45, 7) is 4.11. The van der Waals surface area contributed by atoms with Crippen molar-refractivity contribution in [1.29, 1.82) is 0 Å². The van der Waals surface area contributed by atoms with Gasteiger partial charge in [0, 0.05) is 5.33 Å². The van der Waals surface area contributed by atoms with E-state index in [2.05, 4.69) is 46.8 Å². The zero-order valence-electron chi connectivity index (χ0n) is 8.51. The molecule has 0 aromatic heterocycles. The van der Waals surface area contributed by atoms with Crippen LogP contribution in [0.25, 0.3) is 5.57 Å². The summed E-state index contributed by atoms with van der Waals surface area (Å²) >= 11 is 3.44. The highest BCUT2D eigenvalue weighted by Crippen LogP contribution is 2.18. The van der Waals surface area contributed by atoms with E-state index in [1.165, 1.54) is 30.4 Å². The smallest absolute Gasteiger partial charge is 0.00313 e. The number of allylic oxidation sites excluding steroid dienone is 1. The molecule has 0 bridgehead atoms. The molecule has 0 spiro atoms. The predicted octanol–water partition coefficient (Wildman–Crippen LogP) is 4.66. The number of hydrogen-bond acceptors (Lipinski definition) is 0. The predicted molar refractivity (Wildman–Crippen MR) is 67.7 cm³/mol. The molecule has 0 N–H and O–H groups in total. The van der Waals surface area contributed by atoms with Crippen molar-refractivity contribution < 1.29 is 0 Å². The van der Waals surface area contributed by atoms with Gasteiger partial charge in [-0.05, 0) is 30.4 Å². The Balaban J connectivity index is 2.29. The Morgan fingerprint density at radius 1 is 1.07 bits per heavy atom. The van der Waals surface area contributed by atoms with E-state index in [0.29, 0.717) is 0 Å². The second kappa shape index (κ2) is 6.83. The molecule has 0 fully saturated rings. The van der Waals surface area contributed by atoms with Gasteiger partial charge in [-0.2, -0.15) is 0 Å². The van der Waals surface area contributed by atoms with Crippen LogP contribution in [0.4, 0.5) is 0 Å². The first-order valence-corrected chi connectivity index (χ1v) is 6.26. The SMILES string of the molecule is C=C(CCCCCBr)c1ccccc1. The van der Waals surface area contributed by atoms with Gasteiger partial charge in [0.2, 0.25) is 0 Å². The molecule has 0 aliphatic carbocycles. The molecule has 1 aromatic carbocycles. The van der Waals surface area contributed by atoms with Crippen LogP contribution in [0, 0.1) is 0 Å². The molecule has 0 amide bonds. The van der Waals surface area contributed by atoms with Crippen LogP contribution in [0.3, 0.4) is 0 Å². The number of halogens is 1. The zero-order valence-corrected chi connectivity index (χ0v) is 10.1. The Morgan fingerprint density at radius 2 is 1.79 bits per heavy atom. The summed E-state index contributed by atoms with van der Waals surface area (Å²) < 4.78 is 0. The van der Waals surface area contributed by atoms with Crippen molar-refractivity contribution in [2.24, 2.45) is 0 Å². The van der Waals surface area contributed by atoms with Crippen molar-refractivity contribution in [1.82, 2.24) is 0 Å². The monoisotopic (exact) mass is 252 g/mol. The summed E-state index contributed by atoms with van der Waals surface area (Å²) in [4.78, 5) is 0. The zero-order chi connectivity index (χ0) is 10.2. The van der Waals surface area contributed by atoms with Crippen LogP contribution in [-0.2, 0) is 0 Å². The molecule has 1 heteroatoms. The van der Waals surface area contributed by atoms with E-state index in [-0.39, 0.29) is 0 Å². The van der Waals surface area contributed by atoms with E-state index in [1.807, 2.05) is 6.07 Å². The summed E-state index contributed by atoms with van der Waals surface area (Å²) in [5.74, 6) is 0. The van der Waals surface area contributed by atoms with Crippen LogP contribution in [0.15, 0.2) is 36.9 Å². The van der Waals surface area contributed by atoms with E-state index in [1.54, 1.807) is 0 Å². The van der Waals surface area contributed by atoms with Gasteiger partial charge in [0.05, 0.1) is 0 Å². The third kappa shape index (κ3) is 4.10. The van der Waals surface area contributed by atoms with Crippen LogP contribution < -0.4 is 0 Å². The number of benzene rings is 1. The van der Waals surface area contributed by atoms with E-state index in [9.17, 15) is 0 Å². The summed E-state index contributed by atoms with van der Waals surface area (Å²) in [7, 11) is 0. The lowest BCUT2D eigenvalue weighted by atomic mass is 10.0. The number of rotatable bonds is 6. The molecule has 14 heavy (non-hydrogen) atoms. The first-order valence-electron chi connectivity index (χ1n) is 5.14. The maximum Gasteiger partial charge on any atom is 0.00313 e. The first-order chi connectivity index (χ1) is 6.84. The van der Waals surface area contributed by atoms with Crippen LogP contribution in [0.1, 0.15) is 31.2 Å². The molecular formula is C13H17Br. The Kier molecular flexibility index (Phi) is 5.62. The molecule has 0 saturated heterocycles. The van der Waals surface area contributed by atoms with Gasteiger partial charge in [0.25, 0.3) is 0 Å². The average molecular weight is 253 g/mol. The molecule has 1 aromatic rings. The molecule has 0 nitrogen and oxygen atoms in total.